The first-order valence-electron chi connectivity index (χ1n) is 17.1. The van der Waals surface area contributed by atoms with Crippen molar-refractivity contribution < 1.29 is 33.7 Å². The Morgan fingerprint density at radius 2 is 0.760 bits per heavy atom. The number of rotatable bonds is 32. The van der Waals surface area contributed by atoms with Crippen molar-refractivity contribution in [2.75, 3.05) is 26.2 Å². The van der Waals surface area contributed by atoms with Crippen LogP contribution in [0.3, 0.4) is 0 Å². The third-order valence-electron chi connectivity index (χ3n) is 7.75. The standard InChI is InChI=1S/C30H54N8O8S4/c1-2-3-20-29(47(39,40)35-25-16-8-4-12-21-31)30(48(41,42)36-26-17-9-5-13-22-32,49(43,44)37-27-18-10-6-14-23-33)50(45,46)38-28-19-11-7-15-24-34/h29,35-38H,2-20,25-28H2,1H3. The van der Waals surface area contributed by atoms with Crippen LogP contribution in [0.25, 0.3) is 0 Å². The molecule has 0 amide bonds. The molecular formula is C30H54N8O8S4. The number of hydrogen-bond acceptors (Lipinski definition) is 12. The van der Waals surface area contributed by atoms with Gasteiger partial charge in [0.2, 0.25) is 10.0 Å². The Morgan fingerprint density at radius 3 is 1.04 bits per heavy atom. The molecule has 0 fully saturated rings. The van der Waals surface area contributed by atoms with Crippen LogP contribution >= 0.6 is 0 Å². The van der Waals surface area contributed by atoms with Gasteiger partial charge in [0.15, 0.2) is 0 Å². The second-order valence-corrected chi connectivity index (χ2v) is 20.3. The van der Waals surface area contributed by atoms with Gasteiger partial charge in [-0.3, -0.25) is 0 Å². The smallest absolute Gasteiger partial charge is 0.215 e. The van der Waals surface area contributed by atoms with E-state index in [1.807, 2.05) is 24.3 Å². The number of sulfonamides is 4. The number of nitrogens with one attached hydrogen (secondary N) is 4. The predicted molar refractivity (Wildman–Crippen MR) is 190 cm³/mol. The Balaban J connectivity index is 7.35. The number of nitrogens with zero attached hydrogens (tertiary/aromatic N) is 4. The lowest BCUT2D eigenvalue weighted by Crippen LogP contribution is -2.71. The van der Waals surface area contributed by atoms with Crippen molar-refractivity contribution >= 4 is 40.1 Å². The summed E-state index contributed by atoms with van der Waals surface area (Å²) < 4.78 is 120. The number of hydrogen-bond donors (Lipinski definition) is 4. The summed E-state index contributed by atoms with van der Waals surface area (Å²) in [7, 11) is -21.8. The zero-order valence-electron chi connectivity index (χ0n) is 29.0. The Kier molecular flexibility index (Phi) is 24.3. The molecule has 16 nitrogen and oxygen atoms in total. The van der Waals surface area contributed by atoms with Gasteiger partial charge in [-0.15, -0.1) is 0 Å². The van der Waals surface area contributed by atoms with E-state index in [1.165, 1.54) is 0 Å². The Labute approximate surface area is 300 Å². The third kappa shape index (κ3) is 15.5. The summed E-state index contributed by atoms with van der Waals surface area (Å²) in [6, 6.07) is 7.85. The van der Waals surface area contributed by atoms with Crippen molar-refractivity contribution in [2.24, 2.45) is 0 Å². The van der Waals surface area contributed by atoms with Crippen molar-refractivity contribution in [3.05, 3.63) is 0 Å². The summed E-state index contributed by atoms with van der Waals surface area (Å²) in [5.41, 5.74) is 0. The van der Waals surface area contributed by atoms with Crippen LogP contribution in [0.15, 0.2) is 0 Å². The van der Waals surface area contributed by atoms with E-state index in [2.05, 4.69) is 18.9 Å². The largest absolute Gasteiger partial charge is 0.330 e. The van der Waals surface area contributed by atoms with Crippen molar-refractivity contribution in [3.63, 3.8) is 0 Å². The molecule has 0 aliphatic carbocycles. The molecule has 0 heterocycles. The lowest BCUT2D eigenvalue weighted by atomic mass is 10.2. The topological polar surface area (TPSA) is 280 Å². The van der Waals surface area contributed by atoms with E-state index in [1.54, 1.807) is 6.92 Å². The molecule has 0 rings (SSSR count). The molecule has 0 radical (unpaired) electrons. The maximum atomic E-state index is 14.5. The highest BCUT2D eigenvalue weighted by Crippen LogP contribution is 2.39. The van der Waals surface area contributed by atoms with Gasteiger partial charge in [-0.2, -0.15) is 21.0 Å². The first-order valence-corrected chi connectivity index (χ1v) is 23.1. The van der Waals surface area contributed by atoms with Gasteiger partial charge < -0.3 is 0 Å². The zero-order chi connectivity index (χ0) is 38.0. The summed E-state index contributed by atoms with van der Waals surface area (Å²) in [6.07, 6.45) is 4.17. The summed E-state index contributed by atoms with van der Waals surface area (Å²) in [4.78, 5) is 0. The van der Waals surface area contributed by atoms with Gasteiger partial charge in [0.05, 0.1) is 24.3 Å². The summed E-state index contributed by atoms with van der Waals surface area (Å²) >= 11 is 0. The molecular weight excluding hydrogens is 729 g/mol. The van der Waals surface area contributed by atoms with Crippen LogP contribution in [0.5, 0.6) is 0 Å². The van der Waals surface area contributed by atoms with Crippen LogP contribution in [-0.4, -0.2) is 68.5 Å². The first kappa shape index (κ1) is 47.6. The van der Waals surface area contributed by atoms with E-state index in [-0.39, 0.29) is 70.8 Å². The molecule has 1 unspecified atom stereocenters. The van der Waals surface area contributed by atoms with Crippen LogP contribution in [0.1, 0.15) is 129 Å². The van der Waals surface area contributed by atoms with Crippen molar-refractivity contribution in [1.29, 1.82) is 21.0 Å². The molecule has 0 spiro atoms. The molecule has 50 heavy (non-hydrogen) atoms. The quantitative estimate of drug-likeness (QED) is 0.0716. The minimum atomic E-state index is -5.61. The van der Waals surface area contributed by atoms with Crippen LogP contribution in [0, 0.1) is 45.3 Å². The fourth-order valence-electron chi connectivity index (χ4n) is 5.12. The maximum absolute atomic E-state index is 14.5. The van der Waals surface area contributed by atoms with E-state index in [0.717, 1.165) is 0 Å². The van der Waals surface area contributed by atoms with E-state index >= 15 is 0 Å². The molecule has 0 aromatic carbocycles. The number of unbranched alkanes of at least 4 members (excludes halogenated alkanes) is 13. The Hall–Kier alpha value is -2.40. The van der Waals surface area contributed by atoms with Crippen molar-refractivity contribution in [1.82, 2.24) is 18.9 Å². The molecule has 0 saturated heterocycles. The highest BCUT2D eigenvalue weighted by molar-refractivity contribution is 8.25. The summed E-state index contributed by atoms with van der Waals surface area (Å²) in [6.45, 7) is 0.142. The molecule has 1 atom stereocenters. The SMILES string of the molecule is CCCCC(C(S(=O)(=O)NCCCCCC#N)(S(=O)(=O)NCCCCCC#N)S(=O)(=O)NCCCCCC#N)S(=O)(=O)NCCCCCC#N. The minimum Gasteiger partial charge on any atom is -0.215 e. The minimum absolute atomic E-state index is 0.0352. The molecule has 20 heteroatoms. The molecule has 0 bridgehead atoms. The molecule has 0 aromatic heterocycles. The van der Waals surface area contributed by atoms with Gasteiger partial charge in [-0.05, 0) is 57.8 Å². The number of nitriles is 4. The highest BCUT2D eigenvalue weighted by Gasteiger charge is 2.72. The van der Waals surface area contributed by atoms with Gasteiger partial charge in [0, 0.05) is 51.9 Å². The van der Waals surface area contributed by atoms with E-state index in [4.69, 9.17) is 21.0 Å². The van der Waals surface area contributed by atoms with E-state index in [0.29, 0.717) is 51.4 Å². The van der Waals surface area contributed by atoms with Gasteiger partial charge in [-0.25, -0.2) is 52.6 Å². The van der Waals surface area contributed by atoms with Crippen LogP contribution in [-0.2, 0) is 40.1 Å². The first-order chi connectivity index (χ1) is 23.7. The molecule has 0 aliphatic heterocycles. The van der Waals surface area contributed by atoms with Gasteiger partial charge >= 0.3 is 3.41 Å². The second-order valence-electron chi connectivity index (χ2n) is 11.7. The molecule has 4 N–H and O–H groups in total. The molecule has 0 aromatic rings. The van der Waals surface area contributed by atoms with Crippen LogP contribution in [0.4, 0.5) is 0 Å². The fourth-order valence-corrected chi connectivity index (χ4v) is 16.7. The van der Waals surface area contributed by atoms with Gasteiger partial charge in [-0.1, -0.05) is 45.4 Å². The molecule has 0 saturated carbocycles. The van der Waals surface area contributed by atoms with Crippen LogP contribution in [0.2, 0.25) is 0 Å². The highest BCUT2D eigenvalue weighted by atomic mass is 32.3. The zero-order valence-corrected chi connectivity index (χ0v) is 32.3. The summed E-state index contributed by atoms with van der Waals surface area (Å²) in [5.74, 6) is 0. The molecule has 286 valence electrons. The Bertz CT molecular complexity index is 1460. The third-order valence-corrected chi connectivity index (χ3v) is 18.9. The van der Waals surface area contributed by atoms with Crippen molar-refractivity contribution in [2.45, 2.75) is 138 Å². The second kappa shape index (κ2) is 25.5. The maximum Gasteiger partial charge on any atom is 0.330 e. The lowest BCUT2D eigenvalue weighted by Gasteiger charge is -2.38. The lowest BCUT2D eigenvalue weighted by molar-refractivity contribution is 0.493. The van der Waals surface area contributed by atoms with Crippen LogP contribution < -0.4 is 18.9 Å². The van der Waals surface area contributed by atoms with Gasteiger partial charge in [0.25, 0.3) is 30.1 Å². The summed E-state index contributed by atoms with van der Waals surface area (Å²) in [5, 5.41) is 32.7. The van der Waals surface area contributed by atoms with Crippen molar-refractivity contribution in [3.8, 4) is 24.3 Å². The average molecular weight is 783 g/mol. The monoisotopic (exact) mass is 782 g/mol. The van der Waals surface area contributed by atoms with Gasteiger partial charge in [0.1, 0.15) is 5.25 Å². The average Bonchev–Trinajstić information content (AvgIpc) is 3.05. The molecule has 0 aliphatic rings. The van der Waals surface area contributed by atoms with E-state index < -0.39 is 74.8 Å². The van der Waals surface area contributed by atoms with E-state index in [9.17, 15) is 33.7 Å². The normalized spacial score (nSPS) is 13.1. The Morgan fingerprint density at radius 1 is 0.460 bits per heavy atom. The fraction of sp³-hybridized carbons (Fsp3) is 0.867. The predicted octanol–water partition coefficient (Wildman–Crippen LogP) is 3.21.